The number of carbonyl (C=O) groups excluding carboxylic acids is 1. The molecule has 0 aromatic carbocycles. The van der Waals surface area contributed by atoms with Crippen LogP contribution in [0.25, 0.3) is 0 Å². The minimum absolute atomic E-state index is 0.0432. The number of rotatable bonds is 6. The maximum atomic E-state index is 12.9. The molecule has 1 amide bonds. The smallest absolute Gasteiger partial charge is 0.266 e. The summed E-state index contributed by atoms with van der Waals surface area (Å²) in [6.07, 6.45) is 1.05. The number of nitrogens with zero attached hydrogens (tertiary/aromatic N) is 2. The van der Waals surface area contributed by atoms with Crippen molar-refractivity contribution in [3.63, 3.8) is 0 Å². The lowest BCUT2D eigenvalue weighted by Gasteiger charge is -2.42. The minimum atomic E-state index is -2.20. The molecule has 1 aliphatic rings. The molecule has 3 rings (SSSR count). The van der Waals surface area contributed by atoms with Crippen molar-refractivity contribution < 1.29 is 18.3 Å². The second-order valence-corrected chi connectivity index (χ2v) is 9.50. The number of guanidine groups is 1. The molecule has 2 aromatic rings. The molecular weight excluding hydrogens is 462 g/mol. The molecule has 1 fully saturated rings. The highest BCUT2D eigenvalue weighted by atomic mass is 35.5. The Morgan fingerprint density at radius 2 is 2.32 bits per heavy atom. The highest BCUT2D eigenvalue weighted by Crippen LogP contribution is 2.42. The zero-order chi connectivity index (χ0) is 22.6. The predicted molar refractivity (Wildman–Crippen MR) is 123 cm³/mol. The van der Waals surface area contributed by atoms with Gasteiger partial charge in [-0.25, -0.2) is 9.19 Å². The van der Waals surface area contributed by atoms with Crippen LogP contribution in [0.3, 0.4) is 0 Å². The fourth-order valence-corrected chi connectivity index (χ4v) is 5.97. The first-order valence-corrected chi connectivity index (χ1v) is 11.9. The number of aromatic nitrogens is 1. The molecule has 1 saturated heterocycles. The van der Waals surface area contributed by atoms with Crippen LogP contribution in [0.15, 0.2) is 29.3 Å². The van der Waals surface area contributed by atoms with Crippen LogP contribution in [0.1, 0.15) is 33.6 Å². The van der Waals surface area contributed by atoms with Crippen LogP contribution in [0.5, 0.6) is 0 Å². The second-order valence-electron chi connectivity index (χ2n) is 6.92. The Labute approximate surface area is 191 Å². The molecule has 3 atom stereocenters. The summed E-state index contributed by atoms with van der Waals surface area (Å²) < 4.78 is 27.8. The van der Waals surface area contributed by atoms with Crippen molar-refractivity contribution in [1.29, 1.82) is 0 Å². The van der Waals surface area contributed by atoms with E-state index in [1.54, 1.807) is 6.07 Å². The van der Waals surface area contributed by atoms with E-state index in [0.29, 0.717) is 28.6 Å². The lowest BCUT2D eigenvalue weighted by molar-refractivity contribution is 0.0311. The zero-order valence-electron chi connectivity index (χ0n) is 17.1. The van der Waals surface area contributed by atoms with Crippen LogP contribution in [-0.4, -0.2) is 51.1 Å². The van der Waals surface area contributed by atoms with E-state index in [0.717, 1.165) is 23.5 Å². The van der Waals surface area contributed by atoms with Crippen molar-refractivity contribution in [1.82, 2.24) is 10.3 Å². The van der Waals surface area contributed by atoms with Crippen molar-refractivity contribution >= 4 is 51.7 Å². The molecule has 0 aliphatic carbocycles. The number of hydrogen-bond donors (Lipinski definition) is 4. The highest BCUT2D eigenvalue weighted by molar-refractivity contribution is 7.80. The Morgan fingerprint density at radius 1 is 1.55 bits per heavy atom. The van der Waals surface area contributed by atoms with Gasteiger partial charge in [-0.2, -0.15) is 0 Å². The number of aryl methyl sites for hydroxylation is 1. The van der Waals surface area contributed by atoms with Gasteiger partial charge in [0.05, 0.1) is 26.6 Å². The van der Waals surface area contributed by atoms with Crippen LogP contribution in [-0.2, 0) is 27.8 Å². The first kappa shape index (κ1) is 23.6. The van der Waals surface area contributed by atoms with Crippen LogP contribution in [0.2, 0.25) is 5.02 Å². The molecule has 3 heterocycles. The van der Waals surface area contributed by atoms with Crippen molar-refractivity contribution in [3.8, 4) is 0 Å². The highest BCUT2D eigenvalue weighted by Gasteiger charge is 2.49. The molecule has 5 N–H and O–H groups in total. The molecular formula is C19H24ClN5O4S2. The largest absolute Gasteiger partial charge is 0.379 e. The van der Waals surface area contributed by atoms with Gasteiger partial charge in [-0.1, -0.05) is 24.6 Å². The van der Waals surface area contributed by atoms with E-state index in [1.165, 1.54) is 13.1 Å². The van der Waals surface area contributed by atoms with E-state index < -0.39 is 21.9 Å². The summed E-state index contributed by atoms with van der Waals surface area (Å²) in [5, 5.41) is 5.29. The van der Waals surface area contributed by atoms with Crippen LogP contribution < -0.4 is 16.4 Å². The molecule has 0 saturated carbocycles. The van der Waals surface area contributed by atoms with Gasteiger partial charge >= 0.3 is 0 Å². The molecule has 168 valence electrons. The van der Waals surface area contributed by atoms with E-state index in [2.05, 4.69) is 20.6 Å². The molecule has 9 nitrogen and oxygen atoms in total. The average Bonchev–Trinajstić information content (AvgIpc) is 3.16. The fraction of sp³-hybridized carbons (Fsp3) is 0.421. The monoisotopic (exact) mass is 485 g/mol. The summed E-state index contributed by atoms with van der Waals surface area (Å²) in [6, 6.07) is 6.92. The normalized spacial score (nSPS) is 22.7. The number of pyridine rings is 1. The van der Waals surface area contributed by atoms with Crippen molar-refractivity contribution in [2.24, 2.45) is 10.7 Å². The van der Waals surface area contributed by atoms with Crippen LogP contribution in [0.4, 0.5) is 5.82 Å². The number of aliphatic imine (C=N–C) groups is 1. The molecule has 2 unspecified atom stereocenters. The number of ether oxygens (including phenoxy) is 1. The van der Waals surface area contributed by atoms with Gasteiger partial charge in [0.2, 0.25) is 0 Å². The number of nitrogens with one attached hydrogen (secondary N) is 2. The van der Waals surface area contributed by atoms with Gasteiger partial charge in [-0.3, -0.25) is 9.79 Å². The Bertz CT molecular complexity index is 1010. The molecule has 0 spiro atoms. The summed E-state index contributed by atoms with van der Waals surface area (Å²) in [5.41, 5.74) is 5.56. The topological polar surface area (TPSA) is 139 Å². The second kappa shape index (κ2) is 10.0. The Balaban J connectivity index is 1.98. The predicted octanol–water partition coefficient (Wildman–Crippen LogP) is 2.35. The van der Waals surface area contributed by atoms with Gasteiger partial charge in [0.25, 0.3) is 5.91 Å². The summed E-state index contributed by atoms with van der Waals surface area (Å²) >= 11 is 5.42. The molecule has 2 aromatic heterocycles. The number of carbonyl (C=O) groups is 1. The van der Waals surface area contributed by atoms with E-state index in [9.17, 15) is 13.6 Å². The molecule has 1 aliphatic heterocycles. The van der Waals surface area contributed by atoms with E-state index in [1.807, 2.05) is 19.1 Å². The summed E-state index contributed by atoms with van der Waals surface area (Å²) in [6.45, 7) is 2.34. The number of hydrogen-bond acceptors (Lipinski definition) is 6. The molecule has 0 bridgehead atoms. The third-order valence-electron chi connectivity index (χ3n) is 4.97. The maximum Gasteiger partial charge on any atom is 0.266 e. The standard InChI is InChI=1S/C19H24ClN5O4S2/c1-3-11-5-4-6-15(23-11)24-17(26)13-9-12(20)16(30-13)19(25-18(21)22-2)10-29-8-7-14(19)31(27)28/h4-6,9,14H,3,7-8,10H2,1-2H3,(H,27,28)(H3,21,22,25)(H,23,24,26)/t14?,19-/m0/s1. The summed E-state index contributed by atoms with van der Waals surface area (Å²) in [5.74, 6) is 0.113. The number of thiophene rings is 1. The Hall–Kier alpha value is -2.05. The fourth-order valence-electron chi connectivity index (χ4n) is 3.41. The lowest BCUT2D eigenvalue weighted by atomic mass is 9.90. The van der Waals surface area contributed by atoms with E-state index in [4.69, 9.17) is 22.1 Å². The number of halogens is 1. The lowest BCUT2D eigenvalue weighted by Crippen LogP contribution is -2.61. The van der Waals surface area contributed by atoms with Gasteiger partial charge in [0, 0.05) is 19.3 Å². The quantitative estimate of drug-likeness (QED) is 0.280. The first-order valence-electron chi connectivity index (χ1n) is 9.55. The number of anilines is 1. The van der Waals surface area contributed by atoms with Crippen LogP contribution in [0, 0.1) is 0 Å². The van der Waals surface area contributed by atoms with Crippen LogP contribution >= 0.6 is 22.9 Å². The summed E-state index contributed by atoms with van der Waals surface area (Å²) in [4.78, 5) is 21.9. The molecule has 31 heavy (non-hydrogen) atoms. The van der Waals surface area contributed by atoms with Crippen molar-refractivity contribution in [2.45, 2.75) is 30.6 Å². The zero-order valence-corrected chi connectivity index (χ0v) is 19.4. The number of amides is 1. The minimum Gasteiger partial charge on any atom is -0.379 e. The third kappa shape index (κ3) is 5.07. The third-order valence-corrected chi connectivity index (χ3v) is 7.81. The number of nitrogens with two attached hydrogens (primary N) is 1. The average molecular weight is 486 g/mol. The Kier molecular flexibility index (Phi) is 7.65. The molecule has 12 heteroatoms. The van der Waals surface area contributed by atoms with E-state index >= 15 is 0 Å². The van der Waals surface area contributed by atoms with Gasteiger partial charge in [0.15, 0.2) is 17.0 Å². The van der Waals surface area contributed by atoms with Gasteiger partial charge < -0.3 is 25.7 Å². The summed E-state index contributed by atoms with van der Waals surface area (Å²) in [7, 11) is 1.50. The first-order chi connectivity index (χ1) is 14.8. The SMILES string of the molecule is CCc1cccc(NC(=O)c2cc(Cl)c([C@]3(NC(N)=NC)COCCC3S(=O)O)s2)n1. The van der Waals surface area contributed by atoms with Gasteiger partial charge in [-0.05, 0) is 31.0 Å². The maximum absolute atomic E-state index is 12.9. The van der Waals surface area contributed by atoms with Gasteiger partial charge in [-0.15, -0.1) is 11.3 Å². The Morgan fingerprint density at radius 3 is 3.00 bits per heavy atom. The molecule has 0 radical (unpaired) electrons. The van der Waals surface area contributed by atoms with Crippen molar-refractivity contribution in [2.75, 3.05) is 25.6 Å². The van der Waals surface area contributed by atoms with Gasteiger partial charge in [0.1, 0.15) is 11.4 Å². The van der Waals surface area contributed by atoms with Crippen molar-refractivity contribution in [3.05, 3.63) is 44.7 Å². The van der Waals surface area contributed by atoms with E-state index in [-0.39, 0.29) is 23.5 Å².